The molecule has 4 nitrogen and oxygen atoms in total. The predicted octanol–water partition coefficient (Wildman–Crippen LogP) is 2.34. The minimum atomic E-state index is 0.162. The Kier molecular flexibility index (Phi) is 5.75. The molecule has 0 radical (unpaired) electrons. The molecule has 0 N–H and O–H groups in total. The van der Waals surface area contributed by atoms with Gasteiger partial charge < -0.3 is 14.5 Å². The first-order valence-electron chi connectivity index (χ1n) is 6.70. The second kappa shape index (κ2) is 6.84. The second-order valence-corrected chi connectivity index (χ2v) is 5.08. The van der Waals surface area contributed by atoms with Crippen molar-refractivity contribution in [1.82, 2.24) is 9.80 Å². The smallest absolute Gasteiger partial charge is 0.319 e. The average molecular weight is 242 g/mol. The lowest BCUT2D eigenvalue weighted by atomic mass is 10.1. The molecule has 1 rings (SSSR count). The number of nitrogens with zero attached hydrogens (tertiary/aromatic N) is 2. The zero-order chi connectivity index (χ0) is 12.8. The highest BCUT2D eigenvalue weighted by Gasteiger charge is 2.25. The highest BCUT2D eigenvalue weighted by molar-refractivity contribution is 5.74. The lowest BCUT2D eigenvalue weighted by Crippen LogP contribution is -2.47. The fourth-order valence-corrected chi connectivity index (χ4v) is 2.24. The molecule has 0 aliphatic carbocycles. The maximum absolute atomic E-state index is 12.0. The number of urea groups is 1. The van der Waals surface area contributed by atoms with Crippen LogP contribution in [-0.4, -0.2) is 54.7 Å². The van der Waals surface area contributed by atoms with E-state index in [-0.39, 0.29) is 12.1 Å². The minimum absolute atomic E-state index is 0.162. The van der Waals surface area contributed by atoms with Gasteiger partial charge in [-0.1, -0.05) is 6.92 Å². The van der Waals surface area contributed by atoms with Crippen molar-refractivity contribution < 1.29 is 9.53 Å². The molecule has 0 bridgehead atoms. The molecule has 0 aromatic carbocycles. The molecule has 1 aliphatic rings. The second-order valence-electron chi connectivity index (χ2n) is 5.08. The van der Waals surface area contributed by atoms with E-state index >= 15 is 0 Å². The Morgan fingerprint density at radius 2 is 2.00 bits per heavy atom. The zero-order valence-electron chi connectivity index (χ0n) is 11.6. The number of carbonyl (C=O) groups is 1. The number of hydrogen-bond donors (Lipinski definition) is 0. The van der Waals surface area contributed by atoms with E-state index in [1.54, 1.807) is 0 Å². The lowest BCUT2D eigenvalue weighted by molar-refractivity contribution is -0.0225. The van der Waals surface area contributed by atoms with Crippen LogP contribution in [0.4, 0.5) is 4.79 Å². The van der Waals surface area contributed by atoms with Gasteiger partial charge in [0.25, 0.3) is 0 Å². The molecular formula is C13H26N2O2. The van der Waals surface area contributed by atoms with Crippen molar-refractivity contribution in [3.8, 4) is 0 Å². The molecule has 1 saturated heterocycles. The lowest BCUT2D eigenvalue weighted by Gasteiger charge is -2.35. The molecular weight excluding hydrogens is 216 g/mol. The highest BCUT2D eigenvalue weighted by atomic mass is 16.5. The van der Waals surface area contributed by atoms with E-state index in [1.807, 2.05) is 16.8 Å². The van der Waals surface area contributed by atoms with Crippen LogP contribution in [0.15, 0.2) is 0 Å². The van der Waals surface area contributed by atoms with Gasteiger partial charge in [-0.2, -0.15) is 0 Å². The van der Waals surface area contributed by atoms with E-state index in [9.17, 15) is 4.79 Å². The summed E-state index contributed by atoms with van der Waals surface area (Å²) in [7, 11) is 1.88. The molecule has 0 saturated carbocycles. The molecule has 1 aliphatic heterocycles. The van der Waals surface area contributed by atoms with Gasteiger partial charge in [0.15, 0.2) is 0 Å². The Morgan fingerprint density at radius 1 is 1.41 bits per heavy atom. The summed E-state index contributed by atoms with van der Waals surface area (Å²) >= 11 is 0. The van der Waals surface area contributed by atoms with Gasteiger partial charge in [-0.05, 0) is 33.1 Å². The van der Waals surface area contributed by atoms with Gasteiger partial charge in [0.1, 0.15) is 0 Å². The maximum atomic E-state index is 12.0. The Balaban J connectivity index is 2.33. The number of likely N-dealkylation sites (tertiary alicyclic amines) is 1. The van der Waals surface area contributed by atoms with Crippen LogP contribution < -0.4 is 0 Å². The summed E-state index contributed by atoms with van der Waals surface area (Å²) in [5.74, 6) is 0. The number of ether oxygens (including phenoxy) is 1. The molecule has 0 aromatic rings. The fourth-order valence-electron chi connectivity index (χ4n) is 2.24. The minimum Gasteiger partial charge on any atom is -0.375 e. The summed E-state index contributed by atoms with van der Waals surface area (Å²) in [6.07, 6.45) is 3.55. The molecule has 0 aromatic heterocycles. The summed E-state index contributed by atoms with van der Waals surface area (Å²) < 4.78 is 5.78. The predicted molar refractivity (Wildman–Crippen MR) is 69.1 cm³/mol. The summed E-state index contributed by atoms with van der Waals surface area (Å²) in [4.78, 5) is 15.8. The number of carbonyl (C=O) groups excluding carboxylic acids is 1. The average Bonchev–Trinajstić information content (AvgIpc) is 2.28. The van der Waals surface area contributed by atoms with Crippen molar-refractivity contribution in [3.63, 3.8) is 0 Å². The van der Waals surface area contributed by atoms with Gasteiger partial charge in [-0.3, -0.25) is 0 Å². The standard InChI is InChI=1S/C13H26N2O2/c1-5-8-14(4)13(16)15-9-6-12(7-10-15)17-11(2)3/h11-12H,5-10H2,1-4H3. The molecule has 0 unspecified atom stereocenters. The molecule has 1 heterocycles. The Hall–Kier alpha value is -0.770. The Bertz CT molecular complexity index is 236. The van der Waals surface area contributed by atoms with Gasteiger partial charge in [-0.25, -0.2) is 4.79 Å². The van der Waals surface area contributed by atoms with Crippen LogP contribution >= 0.6 is 0 Å². The number of piperidine rings is 1. The molecule has 1 fully saturated rings. The third-order valence-electron chi connectivity index (χ3n) is 3.06. The van der Waals surface area contributed by atoms with E-state index in [0.29, 0.717) is 6.10 Å². The first kappa shape index (κ1) is 14.3. The first-order chi connectivity index (χ1) is 8.04. The van der Waals surface area contributed by atoms with E-state index in [1.165, 1.54) is 0 Å². The molecule has 0 atom stereocenters. The first-order valence-corrected chi connectivity index (χ1v) is 6.70. The van der Waals surface area contributed by atoms with Crippen LogP contribution in [0, 0.1) is 0 Å². The topological polar surface area (TPSA) is 32.8 Å². The van der Waals surface area contributed by atoms with E-state index < -0.39 is 0 Å². The van der Waals surface area contributed by atoms with Crippen molar-refractivity contribution in [2.24, 2.45) is 0 Å². The third kappa shape index (κ3) is 4.54. The molecule has 0 spiro atoms. The van der Waals surface area contributed by atoms with Crippen LogP contribution in [0.2, 0.25) is 0 Å². The largest absolute Gasteiger partial charge is 0.375 e. The van der Waals surface area contributed by atoms with Gasteiger partial charge in [-0.15, -0.1) is 0 Å². The normalized spacial score (nSPS) is 17.6. The van der Waals surface area contributed by atoms with Gasteiger partial charge in [0.05, 0.1) is 12.2 Å². The van der Waals surface area contributed by atoms with Gasteiger partial charge in [0.2, 0.25) is 0 Å². The molecule has 4 heteroatoms. The van der Waals surface area contributed by atoms with Crippen LogP contribution in [0.25, 0.3) is 0 Å². The fraction of sp³-hybridized carbons (Fsp3) is 0.923. The summed E-state index contributed by atoms with van der Waals surface area (Å²) in [5.41, 5.74) is 0. The van der Waals surface area contributed by atoms with Crippen LogP contribution in [-0.2, 0) is 4.74 Å². The monoisotopic (exact) mass is 242 g/mol. The van der Waals surface area contributed by atoms with Crippen LogP contribution in [0.3, 0.4) is 0 Å². The Labute approximate surface area is 105 Å². The van der Waals surface area contributed by atoms with E-state index in [2.05, 4.69) is 20.8 Å². The van der Waals surface area contributed by atoms with Gasteiger partial charge in [0, 0.05) is 26.7 Å². The quantitative estimate of drug-likeness (QED) is 0.758. The van der Waals surface area contributed by atoms with Crippen molar-refractivity contribution in [2.75, 3.05) is 26.7 Å². The summed E-state index contributed by atoms with van der Waals surface area (Å²) in [6.45, 7) is 8.70. The SMILES string of the molecule is CCCN(C)C(=O)N1CCC(OC(C)C)CC1. The van der Waals surface area contributed by atoms with Crippen LogP contribution in [0.5, 0.6) is 0 Å². The van der Waals surface area contributed by atoms with Gasteiger partial charge >= 0.3 is 6.03 Å². The third-order valence-corrected chi connectivity index (χ3v) is 3.06. The number of hydrogen-bond acceptors (Lipinski definition) is 2. The van der Waals surface area contributed by atoms with Crippen LogP contribution in [0.1, 0.15) is 40.0 Å². The molecule has 100 valence electrons. The highest BCUT2D eigenvalue weighted by Crippen LogP contribution is 2.16. The Morgan fingerprint density at radius 3 is 2.47 bits per heavy atom. The molecule has 17 heavy (non-hydrogen) atoms. The number of rotatable bonds is 4. The number of amides is 2. The van der Waals surface area contributed by atoms with Crippen molar-refractivity contribution in [1.29, 1.82) is 0 Å². The van der Waals surface area contributed by atoms with E-state index in [0.717, 1.165) is 38.9 Å². The van der Waals surface area contributed by atoms with E-state index in [4.69, 9.17) is 4.74 Å². The molecule has 2 amide bonds. The van der Waals surface area contributed by atoms with Crippen molar-refractivity contribution in [2.45, 2.75) is 52.2 Å². The van der Waals surface area contributed by atoms with Crippen molar-refractivity contribution in [3.05, 3.63) is 0 Å². The summed E-state index contributed by atoms with van der Waals surface area (Å²) in [5, 5.41) is 0. The maximum Gasteiger partial charge on any atom is 0.319 e. The summed E-state index contributed by atoms with van der Waals surface area (Å²) in [6, 6.07) is 0.162. The zero-order valence-corrected chi connectivity index (χ0v) is 11.6. The van der Waals surface area contributed by atoms with Crippen molar-refractivity contribution >= 4 is 6.03 Å².